The van der Waals surface area contributed by atoms with E-state index in [2.05, 4.69) is 9.71 Å². The van der Waals surface area contributed by atoms with Gasteiger partial charge in [0, 0.05) is 12.7 Å². The molecule has 6 heteroatoms. The highest BCUT2D eigenvalue weighted by molar-refractivity contribution is 7.89. The third kappa shape index (κ3) is 3.17. The third-order valence-electron chi connectivity index (χ3n) is 1.89. The van der Waals surface area contributed by atoms with Gasteiger partial charge in [-0.25, -0.2) is 13.1 Å². The number of hydrogen-bond donors (Lipinski definition) is 2. The van der Waals surface area contributed by atoms with Gasteiger partial charge in [0.1, 0.15) is 4.90 Å². The molecular weight excluding hydrogens is 216 g/mol. The summed E-state index contributed by atoms with van der Waals surface area (Å²) in [6.45, 7) is 2.32. The van der Waals surface area contributed by atoms with Crippen molar-refractivity contribution in [3.63, 3.8) is 0 Å². The Morgan fingerprint density at radius 2 is 2.20 bits per heavy atom. The number of nitrogens with one attached hydrogen (secondary N) is 2. The maximum atomic E-state index is 11.6. The Kier molecular flexibility index (Phi) is 4.05. The van der Waals surface area contributed by atoms with Crippen LogP contribution in [0.5, 0.6) is 0 Å². The molecule has 0 atom stereocenters. The molecule has 15 heavy (non-hydrogen) atoms. The van der Waals surface area contributed by atoms with Gasteiger partial charge in [-0.3, -0.25) is 4.79 Å². The molecule has 0 spiro atoms. The Labute approximate surface area is 88.6 Å². The zero-order chi connectivity index (χ0) is 11.3. The molecule has 84 valence electrons. The van der Waals surface area contributed by atoms with Crippen molar-refractivity contribution < 1.29 is 8.42 Å². The number of aromatic nitrogens is 1. The van der Waals surface area contributed by atoms with Crippen molar-refractivity contribution in [2.75, 3.05) is 6.54 Å². The molecule has 0 saturated heterocycles. The summed E-state index contributed by atoms with van der Waals surface area (Å²) in [7, 11) is -3.66. The first kappa shape index (κ1) is 11.9. The number of aromatic amines is 1. The van der Waals surface area contributed by atoms with Crippen molar-refractivity contribution in [2.24, 2.45) is 0 Å². The van der Waals surface area contributed by atoms with Gasteiger partial charge in [-0.2, -0.15) is 0 Å². The molecule has 0 saturated carbocycles. The highest BCUT2D eigenvalue weighted by Crippen LogP contribution is 2.00. The van der Waals surface area contributed by atoms with Gasteiger partial charge in [-0.15, -0.1) is 0 Å². The SMILES string of the molecule is CCCCNS(=O)(=O)c1ccc[nH]c1=O. The maximum absolute atomic E-state index is 11.6. The van der Waals surface area contributed by atoms with Crippen molar-refractivity contribution in [2.45, 2.75) is 24.7 Å². The van der Waals surface area contributed by atoms with Crippen molar-refractivity contribution in [3.8, 4) is 0 Å². The molecule has 5 nitrogen and oxygen atoms in total. The van der Waals surface area contributed by atoms with Crippen LogP contribution in [0.2, 0.25) is 0 Å². The molecule has 0 fully saturated rings. The monoisotopic (exact) mass is 230 g/mol. The topological polar surface area (TPSA) is 79.0 Å². The summed E-state index contributed by atoms with van der Waals surface area (Å²) in [6.07, 6.45) is 3.05. The van der Waals surface area contributed by atoms with Crippen LogP contribution < -0.4 is 10.3 Å². The van der Waals surface area contributed by atoms with Gasteiger partial charge in [0.25, 0.3) is 5.56 Å². The average Bonchev–Trinajstić information content (AvgIpc) is 2.18. The van der Waals surface area contributed by atoms with Gasteiger partial charge in [-0.1, -0.05) is 13.3 Å². The first-order valence-electron chi connectivity index (χ1n) is 4.75. The predicted octanol–water partition coefficient (Wildman–Crippen LogP) is 0.453. The molecule has 0 radical (unpaired) electrons. The van der Waals surface area contributed by atoms with Gasteiger partial charge >= 0.3 is 0 Å². The van der Waals surface area contributed by atoms with Gasteiger partial charge in [0.05, 0.1) is 0 Å². The van der Waals surface area contributed by atoms with Gasteiger partial charge in [0.15, 0.2) is 0 Å². The van der Waals surface area contributed by atoms with Crippen LogP contribution >= 0.6 is 0 Å². The van der Waals surface area contributed by atoms with E-state index in [0.717, 1.165) is 12.8 Å². The molecule has 1 aromatic heterocycles. The minimum absolute atomic E-state index is 0.235. The number of rotatable bonds is 5. The molecule has 0 aliphatic rings. The standard InChI is InChI=1S/C9H14N2O3S/c1-2-3-7-11-15(13,14)8-5-4-6-10-9(8)12/h4-6,11H,2-3,7H2,1H3,(H,10,12). The average molecular weight is 230 g/mol. The van der Waals surface area contributed by atoms with Crippen LogP contribution in [0, 0.1) is 0 Å². The second-order valence-electron chi connectivity index (χ2n) is 3.11. The van der Waals surface area contributed by atoms with Gasteiger partial charge in [-0.05, 0) is 18.6 Å². The molecule has 1 rings (SSSR count). The van der Waals surface area contributed by atoms with E-state index in [4.69, 9.17) is 0 Å². The summed E-state index contributed by atoms with van der Waals surface area (Å²) < 4.78 is 25.6. The van der Waals surface area contributed by atoms with E-state index < -0.39 is 15.6 Å². The molecule has 1 aromatic rings. The number of sulfonamides is 1. The van der Waals surface area contributed by atoms with Gasteiger partial charge < -0.3 is 4.98 Å². The van der Waals surface area contributed by atoms with E-state index in [-0.39, 0.29) is 4.90 Å². The van der Waals surface area contributed by atoms with E-state index >= 15 is 0 Å². The Morgan fingerprint density at radius 1 is 1.47 bits per heavy atom. The zero-order valence-corrected chi connectivity index (χ0v) is 9.30. The van der Waals surface area contributed by atoms with Crippen molar-refractivity contribution >= 4 is 10.0 Å². The van der Waals surface area contributed by atoms with Crippen LogP contribution in [0.1, 0.15) is 19.8 Å². The molecule has 0 bridgehead atoms. The lowest BCUT2D eigenvalue weighted by molar-refractivity contribution is 0.577. The van der Waals surface area contributed by atoms with Crippen LogP contribution in [0.3, 0.4) is 0 Å². The summed E-state index contributed by atoms with van der Waals surface area (Å²) >= 11 is 0. The van der Waals surface area contributed by atoms with Crippen LogP contribution in [0.25, 0.3) is 0 Å². The van der Waals surface area contributed by atoms with Crippen LogP contribution in [0.15, 0.2) is 28.0 Å². The van der Waals surface area contributed by atoms with E-state index in [1.807, 2.05) is 6.92 Å². The number of unbranched alkanes of at least 4 members (excludes halogenated alkanes) is 1. The lowest BCUT2D eigenvalue weighted by atomic mass is 10.3. The second-order valence-corrected chi connectivity index (χ2v) is 4.85. The number of pyridine rings is 1. The van der Waals surface area contributed by atoms with E-state index in [1.165, 1.54) is 18.3 Å². The minimum atomic E-state index is -3.66. The Hall–Kier alpha value is -1.14. The second kappa shape index (κ2) is 5.09. The third-order valence-corrected chi connectivity index (χ3v) is 3.38. The summed E-state index contributed by atoms with van der Waals surface area (Å²) in [6, 6.07) is 2.77. The predicted molar refractivity (Wildman–Crippen MR) is 57.2 cm³/mol. The molecule has 2 N–H and O–H groups in total. The molecule has 0 amide bonds. The first-order valence-corrected chi connectivity index (χ1v) is 6.23. The smallest absolute Gasteiger partial charge is 0.268 e. The highest BCUT2D eigenvalue weighted by Gasteiger charge is 2.16. The van der Waals surface area contributed by atoms with E-state index in [9.17, 15) is 13.2 Å². The molecule has 0 unspecified atom stereocenters. The summed E-state index contributed by atoms with van der Waals surface area (Å²) in [5.41, 5.74) is -0.596. The Morgan fingerprint density at radius 3 is 2.80 bits per heavy atom. The van der Waals surface area contributed by atoms with Crippen LogP contribution in [-0.2, 0) is 10.0 Å². The molecule has 0 aromatic carbocycles. The van der Waals surface area contributed by atoms with Crippen molar-refractivity contribution in [3.05, 3.63) is 28.7 Å². The van der Waals surface area contributed by atoms with Crippen molar-refractivity contribution in [1.29, 1.82) is 0 Å². The lowest BCUT2D eigenvalue weighted by Gasteiger charge is -2.04. The maximum Gasteiger partial charge on any atom is 0.268 e. The lowest BCUT2D eigenvalue weighted by Crippen LogP contribution is -2.29. The number of hydrogen-bond acceptors (Lipinski definition) is 3. The Balaban J connectivity index is 2.88. The fraction of sp³-hybridized carbons (Fsp3) is 0.444. The largest absolute Gasteiger partial charge is 0.328 e. The first-order chi connectivity index (χ1) is 7.08. The zero-order valence-electron chi connectivity index (χ0n) is 8.49. The summed E-state index contributed by atoms with van der Waals surface area (Å²) in [4.78, 5) is 13.3. The molecular formula is C9H14N2O3S. The van der Waals surface area contributed by atoms with E-state index in [0.29, 0.717) is 6.54 Å². The Bertz CT molecular complexity index is 464. The fourth-order valence-corrected chi connectivity index (χ4v) is 2.21. The summed E-state index contributed by atoms with van der Waals surface area (Å²) in [5.74, 6) is 0. The van der Waals surface area contributed by atoms with Crippen LogP contribution in [0.4, 0.5) is 0 Å². The van der Waals surface area contributed by atoms with Crippen molar-refractivity contribution in [1.82, 2.24) is 9.71 Å². The molecule has 1 heterocycles. The molecule has 0 aliphatic carbocycles. The normalized spacial score (nSPS) is 11.5. The fourth-order valence-electron chi connectivity index (χ4n) is 1.08. The van der Waals surface area contributed by atoms with E-state index in [1.54, 1.807) is 0 Å². The molecule has 0 aliphatic heterocycles. The van der Waals surface area contributed by atoms with Crippen LogP contribution in [-0.4, -0.2) is 19.9 Å². The quantitative estimate of drug-likeness (QED) is 0.721. The highest BCUT2D eigenvalue weighted by atomic mass is 32.2. The van der Waals surface area contributed by atoms with Gasteiger partial charge in [0.2, 0.25) is 10.0 Å². The minimum Gasteiger partial charge on any atom is -0.328 e. The number of H-pyrrole nitrogens is 1. The summed E-state index contributed by atoms with van der Waals surface area (Å²) in [5, 5.41) is 0.